The third-order valence-corrected chi connectivity index (χ3v) is 7.81. The molecule has 0 unspecified atom stereocenters. The number of thiazole rings is 1. The Kier molecular flexibility index (Phi) is 7.92. The first-order valence-corrected chi connectivity index (χ1v) is 12.7. The predicted molar refractivity (Wildman–Crippen MR) is 132 cm³/mol. The highest BCUT2D eigenvalue weighted by Crippen LogP contribution is 2.24. The van der Waals surface area contributed by atoms with E-state index in [4.69, 9.17) is 0 Å². The Bertz CT molecular complexity index is 1410. The number of hydrogen-bond acceptors (Lipinski definition) is 6. The zero-order valence-corrected chi connectivity index (χ0v) is 20.2. The zero-order chi connectivity index (χ0) is 24.9. The van der Waals surface area contributed by atoms with E-state index in [9.17, 15) is 23.3 Å². The quantitative estimate of drug-likeness (QED) is 0.236. The van der Waals surface area contributed by atoms with Gasteiger partial charge in [-0.05, 0) is 36.8 Å². The van der Waals surface area contributed by atoms with Crippen molar-refractivity contribution in [1.29, 1.82) is 0 Å². The monoisotopic (exact) mass is 500 g/mol. The van der Waals surface area contributed by atoms with Gasteiger partial charge in [0.2, 0.25) is 10.0 Å². The molecule has 1 heterocycles. The molecule has 0 spiro atoms. The van der Waals surface area contributed by atoms with Crippen molar-refractivity contribution in [3.63, 3.8) is 0 Å². The Morgan fingerprint density at radius 1 is 1.18 bits per heavy atom. The molecule has 0 atom stereocenters. The van der Waals surface area contributed by atoms with Crippen molar-refractivity contribution in [2.45, 2.75) is 24.8 Å². The molecule has 34 heavy (non-hydrogen) atoms. The lowest BCUT2D eigenvalue weighted by atomic mass is 10.2. The Morgan fingerprint density at radius 3 is 2.38 bits per heavy atom. The summed E-state index contributed by atoms with van der Waals surface area (Å²) in [6, 6.07) is 10.1. The smallest absolute Gasteiger partial charge is 0.279 e. The third kappa shape index (κ3) is 5.22. The number of nitrogens with zero attached hydrogens (tertiary/aromatic N) is 4. The van der Waals surface area contributed by atoms with Crippen LogP contribution in [0.1, 0.15) is 23.7 Å². The number of benzene rings is 2. The van der Waals surface area contributed by atoms with Gasteiger partial charge in [-0.3, -0.25) is 14.9 Å². The highest BCUT2D eigenvalue weighted by molar-refractivity contribution is 7.89. The number of nitro groups is 1. The second-order valence-electron chi connectivity index (χ2n) is 7.29. The van der Waals surface area contributed by atoms with E-state index in [1.54, 1.807) is 6.07 Å². The standard InChI is InChI=1S/C23H24N4O5S2/c1-4-13-25(14-5-2)34(31,32)19-10-7-17(8-11-19)22(28)24-23-26(15-6-3)20-12-9-18(27(29)30)16-21(20)33-23/h4-5,7-12,16H,1-2,6,13-15H2,3H3. The van der Waals surface area contributed by atoms with Gasteiger partial charge in [0.05, 0.1) is 20.0 Å². The van der Waals surface area contributed by atoms with E-state index in [1.807, 2.05) is 11.5 Å². The van der Waals surface area contributed by atoms with Crippen LogP contribution in [0.5, 0.6) is 0 Å². The number of rotatable bonds is 10. The van der Waals surface area contributed by atoms with Crippen LogP contribution in [-0.4, -0.2) is 41.2 Å². The molecule has 3 rings (SSSR count). The van der Waals surface area contributed by atoms with Crippen molar-refractivity contribution >= 4 is 43.2 Å². The minimum Gasteiger partial charge on any atom is -0.316 e. The normalized spacial score (nSPS) is 12.2. The Labute approximate surface area is 201 Å². The van der Waals surface area contributed by atoms with E-state index >= 15 is 0 Å². The SMILES string of the molecule is C=CCN(CC=C)S(=O)(=O)c1ccc(C(=O)N=c2sc3cc([N+](=O)[O-])ccc3n2CCC)cc1. The molecular formula is C23H24N4O5S2. The van der Waals surface area contributed by atoms with Crippen molar-refractivity contribution in [3.05, 3.63) is 88.3 Å². The van der Waals surface area contributed by atoms with Gasteiger partial charge in [-0.15, -0.1) is 13.2 Å². The number of nitro benzene ring substituents is 1. The number of non-ortho nitro benzene ring substituents is 1. The summed E-state index contributed by atoms with van der Waals surface area (Å²) in [5.41, 5.74) is 0.952. The number of carbonyl (C=O) groups is 1. The highest BCUT2D eigenvalue weighted by atomic mass is 32.2. The lowest BCUT2D eigenvalue weighted by Crippen LogP contribution is -2.31. The maximum atomic E-state index is 12.9. The average molecular weight is 501 g/mol. The van der Waals surface area contributed by atoms with Crippen LogP contribution in [0.2, 0.25) is 0 Å². The van der Waals surface area contributed by atoms with Gasteiger partial charge in [-0.1, -0.05) is 30.4 Å². The van der Waals surface area contributed by atoms with Gasteiger partial charge >= 0.3 is 0 Å². The fourth-order valence-corrected chi connectivity index (χ4v) is 5.80. The van der Waals surface area contributed by atoms with Gasteiger partial charge < -0.3 is 4.57 Å². The molecule has 178 valence electrons. The molecule has 0 N–H and O–H groups in total. The van der Waals surface area contributed by atoms with Gasteiger partial charge in [-0.25, -0.2) is 8.42 Å². The van der Waals surface area contributed by atoms with Crippen molar-refractivity contribution in [2.24, 2.45) is 4.99 Å². The molecule has 1 aromatic heterocycles. The topological polar surface area (TPSA) is 115 Å². The largest absolute Gasteiger partial charge is 0.316 e. The molecule has 2 aromatic carbocycles. The molecular weight excluding hydrogens is 476 g/mol. The van der Waals surface area contributed by atoms with Crippen molar-refractivity contribution < 1.29 is 18.1 Å². The molecule has 0 fully saturated rings. The second-order valence-corrected chi connectivity index (χ2v) is 10.2. The minimum atomic E-state index is -3.78. The molecule has 0 radical (unpaired) electrons. The first kappa shape index (κ1) is 25.2. The van der Waals surface area contributed by atoms with E-state index in [0.717, 1.165) is 11.9 Å². The van der Waals surface area contributed by atoms with Gasteiger partial charge in [-0.2, -0.15) is 9.30 Å². The average Bonchev–Trinajstić information content (AvgIpc) is 3.15. The number of hydrogen-bond donors (Lipinski definition) is 0. The van der Waals surface area contributed by atoms with E-state index in [1.165, 1.54) is 64.2 Å². The number of amides is 1. The van der Waals surface area contributed by atoms with Crippen LogP contribution in [0, 0.1) is 10.1 Å². The number of aryl methyl sites for hydroxylation is 1. The maximum Gasteiger partial charge on any atom is 0.279 e. The molecule has 0 aliphatic carbocycles. The van der Waals surface area contributed by atoms with Crippen LogP contribution in [0.4, 0.5) is 5.69 Å². The van der Waals surface area contributed by atoms with Gasteiger partial charge in [0.1, 0.15) is 0 Å². The summed E-state index contributed by atoms with van der Waals surface area (Å²) in [6.45, 7) is 10.00. The summed E-state index contributed by atoms with van der Waals surface area (Å²) in [7, 11) is -3.78. The van der Waals surface area contributed by atoms with Crippen molar-refractivity contribution in [2.75, 3.05) is 13.1 Å². The molecule has 0 bridgehead atoms. The number of carbonyl (C=O) groups excluding carboxylic acids is 1. The van der Waals surface area contributed by atoms with Crippen molar-refractivity contribution in [3.8, 4) is 0 Å². The molecule has 9 nitrogen and oxygen atoms in total. The lowest BCUT2D eigenvalue weighted by molar-refractivity contribution is -0.384. The molecule has 1 amide bonds. The number of aromatic nitrogens is 1. The molecule has 0 aliphatic heterocycles. The van der Waals surface area contributed by atoms with E-state index in [-0.39, 0.29) is 29.2 Å². The van der Waals surface area contributed by atoms with Crippen molar-refractivity contribution in [1.82, 2.24) is 8.87 Å². The number of sulfonamides is 1. The van der Waals surface area contributed by atoms with Gasteiger partial charge in [0.15, 0.2) is 4.80 Å². The van der Waals surface area contributed by atoms with Gasteiger partial charge in [0.25, 0.3) is 11.6 Å². The lowest BCUT2D eigenvalue weighted by Gasteiger charge is -2.19. The van der Waals surface area contributed by atoms with E-state index in [2.05, 4.69) is 18.2 Å². The highest BCUT2D eigenvalue weighted by Gasteiger charge is 2.22. The van der Waals surface area contributed by atoms with Crippen LogP contribution >= 0.6 is 11.3 Å². The first-order valence-electron chi connectivity index (χ1n) is 10.4. The summed E-state index contributed by atoms with van der Waals surface area (Å²) in [6.07, 6.45) is 3.76. The zero-order valence-electron chi connectivity index (χ0n) is 18.6. The van der Waals surface area contributed by atoms with Crippen LogP contribution in [0.15, 0.2) is 77.7 Å². The van der Waals surface area contributed by atoms with Crippen LogP contribution in [0.3, 0.4) is 0 Å². The molecule has 11 heteroatoms. The van der Waals surface area contributed by atoms with E-state index < -0.39 is 20.9 Å². The molecule has 0 saturated heterocycles. The summed E-state index contributed by atoms with van der Waals surface area (Å²) >= 11 is 1.19. The summed E-state index contributed by atoms with van der Waals surface area (Å²) in [5.74, 6) is -0.538. The summed E-state index contributed by atoms with van der Waals surface area (Å²) < 4.78 is 29.4. The maximum absolute atomic E-state index is 12.9. The number of fused-ring (bicyclic) bond motifs is 1. The minimum absolute atomic E-state index is 0.0333. The molecule has 0 saturated carbocycles. The summed E-state index contributed by atoms with van der Waals surface area (Å²) in [4.78, 5) is 28.2. The van der Waals surface area contributed by atoms with E-state index in [0.29, 0.717) is 16.0 Å². The first-order chi connectivity index (χ1) is 16.2. The second kappa shape index (κ2) is 10.7. The Balaban J connectivity index is 1.98. The fourth-order valence-electron chi connectivity index (χ4n) is 3.33. The predicted octanol–water partition coefficient (Wildman–Crippen LogP) is 4.12. The fraction of sp³-hybridized carbons (Fsp3) is 0.217. The summed E-state index contributed by atoms with van der Waals surface area (Å²) in [5, 5.41) is 11.1. The van der Waals surface area contributed by atoms with Crippen LogP contribution in [0.25, 0.3) is 10.2 Å². The molecule has 3 aromatic rings. The Morgan fingerprint density at radius 2 is 1.82 bits per heavy atom. The Hall–Kier alpha value is -3.41. The van der Waals surface area contributed by atoms with Crippen LogP contribution in [-0.2, 0) is 16.6 Å². The van der Waals surface area contributed by atoms with Gasteiger partial charge in [0, 0.05) is 37.3 Å². The third-order valence-electron chi connectivity index (χ3n) is 4.93. The van der Waals surface area contributed by atoms with Crippen LogP contribution < -0.4 is 4.80 Å². The molecule has 0 aliphatic rings.